The normalized spacial score (nSPS) is 9.69. The van der Waals surface area contributed by atoms with Gasteiger partial charge in [0.05, 0.1) is 6.61 Å². The minimum absolute atomic E-state index is 0.0835. The molecule has 1 aromatic carbocycles. The van der Waals surface area contributed by atoms with Crippen molar-refractivity contribution in [3.05, 3.63) is 36.4 Å². The second-order valence-corrected chi connectivity index (χ2v) is 3.10. The summed E-state index contributed by atoms with van der Waals surface area (Å²) in [6.45, 7) is 2.94. The second-order valence-electron chi connectivity index (χ2n) is 3.10. The summed E-state index contributed by atoms with van der Waals surface area (Å²) < 4.78 is 0. The number of carbonyl (C=O) groups excluding carboxylic acids is 1. The molecule has 5 nitrogen and oxygen atoms in total. The first-order chi connectivity index (χ1) is 7.60. The molecule has 0 heterocycles. The third-order valence-electron chi connectivity index (χ3n) is 2.07. The van der Waals surface area contributed by atoms with Gasteiger partial charge >= 0.3 is 7.12 Å². The zero-order valence-electron chi connectivity index (χ0n) is 8.55. The maximum absolute atomic E-state index is 11.1. The van der Waals surface area contributed by atoms with Gasteiger partial charge in [-0.2, -0.15) is 0 Å². The average molecular weight is 221 g/mol. The van der Waals surface area contributed by atoms with Gasteiger partial charge in [0, 0.05) is 11.2 Å². The Morgan fingerprint density at radius 2 is 2.19 bits per heavy atom. The summed E-state index contributed by atoms with van der Waals surface area (Å²) in [5.41, 5.74) is 0.670. The monoisotopic (exact) mass is 221 g/mol. The Morgan fingerprint density at radius 1 is 1.50 bits per heavy atom. The number of aliphatic hydroxyl groups excluding tert-OH is 1. The highest BCUT2D eigenvalue weighted by molar-refractivity contribution is 6.61. The van der Waals surface area contributed by atoms with Crippen LogP contribution >= 0.6 is 0 Å². The lowest BCUT2D eigenvalue weighted by Crippen LogP contribution is -2.36. The van der Waals surface area contributed by atoms with E-state index in [9.17, 15) is 4.79 Å². The number of benzene rings is 1. The van der Waals surface area contributed by atoms with Gasteiger partial charge in [-0.05, 0) is 17.7 Å². The fourth-order valence-corrected chi connectivity index (χ4v) is 1.35. The minimum Gasteiger partial charge on any atom is -0.423 e. The Labute approximate surface area is 93.2 Å². The Hall–Kier alpha value is -1.63. The predicted molar refractivity (Wildman–Crippen MR) is 61.0 cm³/mol. The molecule has 0 radical (unpaired) electrons. The van der Waals surface area contributed by atoms with Crippen molar-refractivity contribution in [3.63, 3.8) is 0 Å². The summed E-state index contributed by atoms with van der Waals surface area (Å²) >= 11 is 0. The standard InChI is InChI=1S/C10H12BNO4/c1-2-9(14)12-8-5-3-4-7(6-13)10(8)11(15)16/h2-5,13,15-16H,1,6H2,(H,12,14). The van der Waals surface area contributed by atoms with Gasteiger partial charge in [0.1, 0.15) is 0 Å². The van der Waals surface area contributed by atoms with Crippen molar-refractivity contribution in [1.82, 2.24) is 0 Å². The Morgan fingerprint density at radius 3 is 2.69 bits per heavy atom. The van der Waals surface area contributed by atoms with Gasteiger partial charge in [-0.15, -0.1) is 0 Å². The molecule has 0 fully saturated rings. The predicted octanol–water partition coefficient (Wildman–Crippen LogP) is -1.02. The minimum atomic E-state index is -1.76. The third kappa shape index (κ3) is 2.69. The summed E-state index contributed by atoms with van der Waals surface area (Å²) in [6, 6.07) is 4.64. The number of rotatable bonds is 4. The number of carbonyl (C=O) groups is 1. The van der Waals surface area contributed by atoms with Crippen LogP contribution in [0.2, 0.25) is 0 Å². The van der Waals surface area contributed by atoms with Gasteiger partial charge < -0.3 is 20.5 Å². The van der Waals surface area contributed by atoms with Crippen LogP contribution in [0.1, 0.15) is 5.56 Å². The fourth-order valence-electron chi connectivity index (χ4n) is 1.35. The van der Waals surface area contributed by atoms with E-state index in [-0.39, 0.29) is 17.8 Å². The molecule has 0 saturated carbocycles. The van der Waals surface area contributed by atoms with Gasteiger partial charge in [-0.3, -0.25) is 4.79 Å². The van der Waals surface area contributed by atoms with Crippen LogP contribution in [-0.4, -0.2) is 28.2 Å². The molecule has 0 saturated heterocycles. The molecule has 1 amide bonds. The molecule has 0 aromatic heterocycles. The first-order valence-electron chi connectivity index (χ1n) is 4.62. The molecule has 0 aliphatic rings. The number of hydrogen-bond donors (Lipinski definition) is 4. The van der Waals surface area contributed by atoms with E-state index < -0.39 is 13.0 Å². The molecule has 0 aliphatic heterocycles. The van der Waals surface area contributed by atoms with E-state index in [1.54, 1.807) is 12.1 Å². The molecule has 0 spiro atoms. The Balaban J connectivity index is 3.16. The number of aliphatic hydroxyl groups is 1. The molecule has 6 heteroatoms. The lowest BCUT2D eigenvalue weighted by Gasteiger charge is -2.12. The van der Waals surface area contributed by atoms with Crippen molar-refractivity contribution < 1.29 is 19.9 Å². The second kappa shape index (κ2) is 5.46. The molecular formula is C10H12BNO4. The summed E-state index contributed by atoms with van der Waals surface area (Å²) in [4.78, 5) is 11.1. The van der Waals surface area contributed by atoms with Crippen LogP contribution in [0.4, 0.5) is 5.69 Å². The smallest absolute Gasteiger partial charge is 0.423 e. The van der Waals surface area contributed by atoms with Crippen molar-refractivity contribution in [2.75, 3.05) is 5.32 Å². The molecule has 1 rings (SSSR count). The highest BCUT2D eigenvalue weighted by Gasteiger charge is 2.20. The Bertz CT molecular complexity index is 406. The van der Waals surface area contributed by atoms with E-state index in [0.717, 1.165) is 6.08 Å². The SMILES string of the molecule is C=CC(=O)Nc1cccc(CO)c1B(O)O. The van der Waals surface area contributed by atoms with E-state index in [4.69, 9.17) is 15.2 Å². The maximum atomic E-state index is 11.1. The quantitative estimate of drug-likeness (QED) is 0.387. The van der Waals surface area contributed by atoms with Crippen LogP contribution in [-0.2, 0) is 11.4 Å². The highest BCUT2D eigenvalue weighted by Crippen LogP contribution is 2.09. The average Bonchev–Trinajstić information content (AvgIpc) is 2.28. The van der Waals surface area contributed by atoms with E-state index in [2.05, 4.69) is 11.9 Å². The summed E-state index contributed by atoms with van der Waals surface area (Å²) in [7, 11) is -1.76. The first-order valence-corrected chi connectivity index (χ1v) is 4.62. The molecule has 1 aromatic rings. The van der Waals surface area contributed by atoms with Gasteiger partial charge in [0.2, 0.25) is 5.91 Å². The largest absolute Gasteiger partial charge is 0.490 e. The molecule has 0 atom stereocenters. The topological polar surface area (TPSA) is 89.8 Å². The van der Waals surface area contributed by atoms with Crippen LogP contribution in [0.15, 0.2) is 30.9 Å². The fraction of sp³-hybridized carbons (Fsp3) is 0.100. The highest BCUT2D eigenvalue weighted by atomic mass is 16.4. The van der Waals surface area contributed by atoms with Crippen molar-refractivity contribution in [2.45, 2.75) is 6.61 Å². The first kappa shape index (κ1) is 12.4. The maximum Gasteiger partial charge on any atom is 0.490 e. The van der Waals surface area contributed by atoms with Crippen LogP contribution in [0.3, 0.4) is 0 Å². The summed E-state index contributed by atoms with van der Waals surface area (Å²) in [6.07, 6.45) is 1.07. The summed E-state index contributed by atoms with van der Waals surface area (Å²) in [5.74, 6) is -0.461. The third-order valence-corrected chi connectivity index (χ3v) is 2.07. The van der Waals surface area contributed by atoms with Crippen molar-refractivity contribution in [2.24, 2.45) is 0 Å². The number of amides is 1. The summed E-state index contributed by atoms with van der Waals surface area (Å²) in [5, 5.41) is 29.8. The van der Waals surface area contributed by atoms with Crippen LogP contribution < -0.4 is 10.8 Å². The number of hydrogen-bond acceptors (Lipinski definition) is 4. The zero-order valence-corrected chi connectivity index (χ0v) is 8.55. The lowest BCUT2D eigenvalue weighted by atomic mass is 9.75. The molecule has 84 valence electrons. The number of anilines is 1. The van der Waals surface area contributed by atoms with Crippen LogP contribution in [0, 0.1) is 0 Å². The van der Waals surface area contributed by atoms with Gasteiger partial charge in [-0.1, -0.05) is 18.7 Å². The van der Waals surface area contributed by atoms with Crippen molar-refractivity contribution in [1.29, 1.82) is 0 Å². The zero-order chi connectivity index (χ0) is 12.1. The van der Waals surface area contributed by atoms with Crippen LogP contribution in [0.25, 0.3) is 0 Å². The van der Waals surface area contributed by atoms with Crippen molar-refractivity contribution >= 4 is 24.2 Å². The molecule has 0 unspecified atom stereocenters. The number of nitrogens with one attached hydrogen (secondary N) is 1. The molecular weight excluding hydrogens is 209 g/mol. The van der Waals surface area contributed by atoms with Crippen LogP contribution in [0.5, 0.6) is 0 Å². The molecule has 0 aliphatic carbocycles. The van der Waals surface area contributed by atoms with Gasteiger partial charge in [0.25, 0.3) is 0 Å². The van der Waals surface area contributed by atoms with E-state index in [1.807, 2.05) is 0 Å². The molecule has 16 heavy (non-hydrogen) atoms. The van der Waals surface area contributed by atoms with E-state index in [0.29, 0.717) is 5.56 Å². The van der Waals surface area contributed by atoms with Gasteiger partial charge in [-0.25, -0.2) is 0 Å². The van der Waals surface area contributed by atoms with Crippen molar-refractivity contribution in [3.8, 4) is 0 Å². The van der Waals surface area contributed by atoms with E-state index >= 15 is 0 Å². The lowest BCUT2D eigenvalue weighted by molar-refractivity contribution is -0.111. The van der Waals surface area contributed by atoms with E-state index in [1.165, 1.54) is 6.07 Å². The molecule has 4 N–H and O–H groups in total. The molecule has 0 bridgehead atoms. The Kier molecular flexibility index (Phi) is 4.24. The van der Waals surface area contributed by atoms with Gasteiger partial charge in [0.15, 0.2) is 0 Å².